The maximum Gasteiger partial charge on any atom is 0.318 e. The SMILES string of the molecule is CC1=CSC(C(=O)O)C1(C)C(=O)O. The highest BCUT2D eigenvalue weighted by atomic mass is 32.2. The second-order valence-electron chi connectivity index (χ2n) is 3.16. The molecule has 13 heavy (non-hydrogen) atoms. The van der Waals surface area contributed by atoms with Gasteiger partial charge < -0.3 is 10.2 Å². The Morgan fingerprint density at radius 1 is 1.54 bits per heavy atom. The van der Waals surface area contributed by atoms with Gasteiger partial charge in [-0.25, -0.2) is 0 Å². The number of carbonyl (C=O) groups is 2. The minimum Gasteiger partial charge on any atom is -0.481 e. The number of carboxylic acids is 2. The zero-order valence-corrected chi connectivity index (χ0v) is 8.09. The van der Waals surface area contributed by atoms with Crippen LogP contribution >= 0.6 is 11.8 Å². The zero-order chi connectivity index (χ0) is 10.2. The average Bonchev–Trinajstić information content (AvgIpc) is 2.30. The highest BCUT2D eigenvalue weighted by molar-refractivity contribution is 8.03. The summed E-state index contributed by atoms with van der Waals surface area (Å²) in [5.41, 5.74) is -0.673. The molecule has 0 amide bonds. The van der Waals surface area contributed by atoms with Gasteiger partial charge in [0.2, 0.25) is 0 Å². The van der Waals surface area contributed by atoms with Crippen molar-refractivity contribution in [2.24, 2.45) is 5.41 Å². The van der Waals surface area contributed by atoms with Crippen LogP contribution in [0.5, 0.6) is 0 Å². The summed E-state index contributed by atoms with van der Waals surface area (Å²) in [6.45, 7) is 3.09. The van der Waals surface area contributed by atoms with Crippen molar-refractivity contribution in [1.29, 1.82) is 0 Å². The van der Waals surface area contributed by atoms with E-state index in [-0.39, 0.29) is 0 Å². The Morgan fingerprint density at radius 2 is 2.08 bits per heavy atom. The van der Waals surface area contributed by atoms with Crippen molar-refractivity contribution in [3.05, 3.63) is 11.0 Å². The van der Waals surface area contributed by atoms with Gasteiger partial charge in [-0.3, -0.25) is 9.59 Å². The van der Waals surface area contributed by atoms with Crippen LogP contribution in [0.4, 0.5) is 0 Å². The van der Waals surface area contributed by atoms with Crippen LogP contribution in [0.15, 0.2) is 11.0 Å². The fourth-order valence-corrected chi connectivity index (χ4v) is 2.48. The number of thioether (sulfide) groups is 1. The lowest BCUT2D eigenvalue weighted by molar-refractivity contribution is -0.151. The first-order valence-electron chi connectivity index (χ1n) is 3.69. The molecule has 1 rings (SSSR count). The molecule has 0 aromatic heterocycles. The number of hydrogen-bond donors (Lipinski definition) is 2. The number of rotatable bonds is 2. The predicted molar refractivity (Wildman–Crippen MR) is 48.5 cm³/mol. The van der Waals surface area contributed by atoms with Crippen LogP contribution < -0.4 is 0 Å². The molecule has 0 aromatic carbocycles. The highest BCUT2D eigenvalue weighted by Crippen LogP contribution is 2.45. The first-order valence-corrected chi connectivity index (χ1v) is 4.64. The van der Waals surface area contributed by atoms with Crippen molar-refractivity contribution >= 4 is 23.7 Å². The molecule has 0 spiro atoms. The third-order valence-electron chi connectivity index (χ3n) is 2.39. The lowest BCUT2D eigenvalue weighted by Gasteiger charge is -2.24. The molecular formula is C8H10O4S. The van der Waals surface area contributed by atoms with Gasteiger partial charge in [0.05, 0.1) is 0 Å². The van der Waals surface area contributed by atoms with E-state index < -0.39 is 22.6 Å². The van der Waals surface area contributed by atoms with Crippen molar-refractivity contribution in [3.63, 3.8) is 0 Å². The molecule has 4 nitrogen and oxygen atoms in total. The molecule has 72 valence electrons. The Labute approximate surface area is 79.6 Å². The normalized spacial score (nSPS) is 32.8. The van der Waals surface area contributed by atoms with Gasteiger partial charge >= 0.3 is 11.9 Å². The van der Waals surface area contributed by atoms with E-state index in [1.807, 2.05) is 0 Å². The third kappa shape index (κ3) is 1.33. The summed E-state index contributed by atoms with van der Waals surface area (Å²) >= 11 is 1.05. The predicted octanol–water partition coefficient (Wildman–Crippen LogP) is 1.18. The summed E-state index contributed by atoms with van der Waals surface area (Å²) in [5.74, 6) is -2.17. The fourth-order valence-electron chi connectivity index (χ4n) is 1.22. The van der Waals surface area contributed by atoms with Gasteiger partial charge in [0.25, 0.3) is 0 Å². The first kappa shape index (κ1) is 10.1. The van der Waals surface area contributed by atoms with Crippen molar-refractivity contribution in [3.8, 4) is 0 Å². The smallest absolute Gasteiger partial charge is 0.318 e. The molecule has 0 saturated carbocycles. The number of carboxylic acid groups (broad SMARTS) is 2. The van der Waals surface area contributed by atoms with E-state index >= 15 is 0 Å². The molecule has 2 N–H and O–H groups in total. The Hall–Kier alpha value is -0.970. The van der Waals surface area contributed by atoms with Crippen molar-refractivity contribution < 1.29 is 19.8 Å². The van der Waals surface area contributed by atoms with Crippen molar-refractivity contribution in [2.75, 3.05) is 0 Å². The van der Waals surface area contributed by atoms with Crippen molar-refractivity contribution in [2.45, 2.75) is 19.1 Å². The summed E-state index contributed by atoms with van der Waals surface area (Å²) in [4.78, 5) is 21.7. The van der Waals surface area contributed by atoms with Gasteiger partial charge in [0.15, 0.2) is 0 Å². The van der Waals surface area contributed by atoms with Gasteiger partial charge in [0.1, 0.15) is 10.7 Å². The minimum absolute atomic E-state index is 0.595. The molecular weight excluding hydrogens is 192 g/mol. The third-order valence-corrected chi connectivity index (χ3v) is 3.83. The lowest BCUT2D eigenvalue weighted by atomic mass is 9.80. The maximum absolute atomic E-state index is 10.9. The summed E-state index contributed by atoms with van der Waals surface area (Å²) in [6.07, 6.45) is 0. The Bertz CT molecular complexity index is 297. The van der Waals surface area contributed by atoms with Gasteiger partial charge in [-0.1, -0.05) is 0 Å². The molecule has 0 saturated heterocycles. The van der Waals surface area contributed by atoms with E-state index in [0.717, 1.165) is 11.8 Å². The van der Waals surface area contributed by atoms with Gasteiger partial charge in [-0.2, -0.15) is 0 Å². The van der Waals surface area contributed by atoms with E-state index in [1.54, 1.807) is 12.3 Å². The molecule has 1 aliphatic rings. The molecule has 0 bridgehead atoms. The standard InChI is InChI=1S/C8H10O4S/c1-4-3-13-5(6(9)10)8(4,2)7(11)12/h3,5H,1-2H3,(H,9,10)(H,11,12). The van der Waals surface area contributed by atoms with E-state index in [0.29, 0.717) is 5.57 Å². The second kappa shape index (κ2) is 3.06. The molecule has 1 aliphatic heterocycles. The minimum atomic E-state index is -1.27. The summed E-state index contributed by atoms with van der Waals surface area (Å²) in [5, 5.41) is 18.4. The highest BCUT2D eigenvalue weighted by Gasteiger charge is 2.50. The molecule has 0 aromatic rings. The van der Waals surface area contributed by atoms with Gasteiger partial charge in [-0.15, -0.1) is 11.8 Å². The average molecular weight is 202 g/mol. The molecule has 0 aliphatic carbocycles. The Morgan fingerprint density at radius 3 is 2.38 bits per heavy atom. The zero-order valence-electron chi connectivity index (χ0n) is 7.27. The monoisotopic (exact) mass is 202 g/mol. The molecule has 1 heterocycles. The second-order valence-corrected chi connectivity index (χ2v) is 4.14. The van der Waals surface area contributed by atoms with E-state index in [1.165, 1.54) is 6.92 Å². The Kier molecular flexibility index (Phi) is 2.38. The molecule has 0 fully saturated rings. The van der Waals surface area contributed by atoms with Crippen LogP contribution in [0.1, 0.15) is 13.8 Å². The largest absolute Gasteiger partial charge is 0.481 e. The maximum atomic E-state index is 10.9. The first-order chi connectivity index (χ1) is 5.90. The number of hydrogen-bond acceptors (Lipinski definition) is 3. The van der Waals surface area contributed by atoms with Crippen molar-refractivity contribution in [1.82, 2.24) is 0 Å². The van der Waals surface area contributed by atoms with Crippen LogP contribution in [-0.2, 0) is 9.59 Å². The summed E-state index contributed by atoms with van der Waals surface area (Å²) in [6, 6.07) is 0. The molecule has 2 atom stereocenters. The molecule has 2 unspecified atom stereocenters. The lowest BCUT2D eigenvalue weighted by Crippen LogP contribution is -2.40. The number of aliphatic carboxylic acids is 2. The molecule has 0 radical (unpaired) electrons. The Balaban J connectivity index is 3.08. The fraction of sp³-hybridized carbons (Fsp3) is 0.500. The quantitative estimate of drug-likeness (QED) is 0.703. The van der Waals surface area contributed by atoms with Crippen LogP contribution in [-0.4, -0.2) is 27.4 Å². The summed E-state index contributed by atoms with van der Waals surface area (Å²) < 4.78 is 0. The van der Waals surface area contributed by atoms with Crippen LogP contribution in [0.2, 0.25) is 0 Å². The topological polar surface area (TPSA) is 74.6 Å². The van der Waals surface area contributed by atoms with E-state index in [2.05, 4.69) is 0 Å². The van der Waals surface area contributed by atoms with Gasteiger partial charge in [-0.05, 0) is 24.8 Å². The molecule has 5 heteroatoms. The summed E-state index contributed by atoms with van der Waals surface area (Å²) in [7, 11) is 0. The van der Waals surface area contributed by atoms with E-state index in [4.69, 9.17) is 10.2 Å². The van der Waals surface area contributed by atoms with Crippen LogP contribution in [0, 0.1) is 5.41 Å². The van der Waals surface area contributed by atoms with E-state index in [9.17, 15) is 9.59 Å². The van der Waals surface area contributed by atoms with Crippen LogP contribution in [0.3, 0.4) is 0 Å². The van der Waals surface area contributed by atoms with Gasteiger partial charge in [0, 0.05) is 0 Å². The van der Waals surface area contributed by atoms with Crippen LogP contribution in [0.25, 0.3) is 0 Å².